The van der Waals surface area contributed by atoms with Crippen molar-refractivity contribution in [3.8, 4) is 0 Å². The van der Waals surface area contributed by atoms with E-state index in [1.54, 1.807) is 6.20 Å². The molecule has 1 fully saturated rings. The summed E-state index contributed by atoms with van der Waals surface area (Å²) in [5.74, 6) is 0.0771. The zero-order valence-corrected chi connectivity index (χ0v) is 12.5. The van der Waals surface area contributed by atoms with Crippen molar-refractivity contribution in [2.75, 3.05) is 26.2 Å². The number of nitrogens with zero attached hydrogens (tertiary/aromatic N) is 2. The number of piperazine rings is 1. The Labute approximate surface area is 120 Å². The Hall–Kier alpha value is -1.46. The molecule has 1 aromatic heterocycles. The first-order valence-corrected chi connectivity index (χ1v) is 7.11. The molecule has 5 heteroatoms. The molecule has 1 aliphatic rings. The first-order chi connectivity index (χ1) is 9.46. The summed E-state index contributed by atoms with van der Waals surface area (Å²) < 4.78 is 0. The third-order valence-corrected chi connectivity index (χ3v) is 3.28. The van der Waals surface area contributed by atoms with E-state index in [0.29, 0.717) is 6.54 Å². The molecule has 1 unspecified atom stereocenters. The first kappa shape index (κ1) is 14.9. The molecule has 0 bridgehead atoms. The van der Waals surface area contributed by atoms with E-state index >= 15 is 0 Å². The molecule has 20 heavy (non-hydrogen) atoms. The van der Waals surface area contributed by atoms with Crippen molar-refractivity contribution in [1.82, 2.24) is 20.5 Å². The van der Waals surface area contributed by atoms with Crippen molar-refractivity contribution >= 4 is 5.91 Å². The van der Waals surface area contributed by atoms with Gasteiger partial charge >= 0.3 is 0 Å². The lowest BCUT2D eigenvalue weighted by Gasteiger charge is -2.36. The van der Waals surface area contributed by atoms with E-state index in [2.05, 4.69) is 26.6 Å². The average molecular weight is 276 g/mol. The molecule has 0 spiro atoms. The molecular weight excluding hydrogens is 252 g/mol. The van der Waals surface area contributed by atoms with Crippen LogP contribution in [0.25, 0.3) is 0 Å². The summed E-state index contributed by atoms with van der Waals surface area (Å²) in [6.07, 6.45) is 3.66. The largest absolute Gasteiger partial charge is 0.350 e. The number of aromatic nitrogens is 1. The van der Waals surface area contributed by atoms with Gasteiger partial charge in [0, 0.05) is 43.6 Å². The van der Waals surface area contributed by atoms with E-state index in [1.807, 2.05) is 33.0 Å². The minimum atomic E-state index is -0.186. The first-order valence-electron chi connectivity index (χ1n) is 7.11. The molecule has 0 aliphatic carbocycles. The summed E-state index contributed by atoms with van der Waals surface area (Å²) in [5, 5.41) is 6.41. The number of amides is 1. The predicted molar refractivity (Wildman–Crippen MR) is 79.3 cm³/mol. The molecule has 1 amide bonds. The van der Waals surface area contributed by atoms with Gasteiger partial charge in [0.25, 0.3) is 0 Å². The van der Waals surface area contributed by atoms with Crippen molar-refractivity contribution in [3.05, 3.63) is 30.1 Å². The summed E-state index contributed by atoms with van der Waals surface area (Å²) in [5.41, 5.74) is 0.970. The van der Waals surface area contributed by atoms with Crippen LogP contribution in [0.4, 0.5) is 0 Å². The highest BCUT2D eigenvalue weighted by atomic mass is 16.2. The van der Waals surface area contributed by atoms with Crippen molar-refractivity contribution < 1.29 is 4.79 Å². The maximum Gasteiger partial charge on any atom is 0.234 e. The highest BCUT2D eigenvalue weighted by molar-refractivity contribution is 5.78. The molecule has 2 heterocycles. The van der Waals surface area contributed by atoms with Gasteiger partial charge in [-0.05, 0) is 32.4 Å². The highest BCUT2D eigenvalue weighted by Gasteiger charge is 2.26. The van der Waals surface area contributed by atoms with Crippen LogP contribution in [0.1, 0.15) is 32.4 Å². The van der Waals surface area contributed by atoms with Crippen LogP contribution in [-0.4, -0.2) is 47.5 Å². The Bertz CT molecular complexity index is 441. The number of carbonyl (C=O) groups is 1. The van der Waals surface area contributed by atoms with Crippen molar-refractivity contribution in [1.29, 1.82) is 0 Å². The quantitative estimate of drug-likeness (QED) is 0.863. The van der Waals surface area contributed by atoms with Gasteiger partial charge in [0.05, 0.1) is 6.54 Å². The fourth-order valence-electron chi connectivity index (χ4n) is 2.48. The lowest BCUT2D eigenvalue weighted by atomic mass is 10.1. The maximum atomic E-state index is 12.1. The Morgan fingerprint density at radius 3 is 3.00 bits per heavy atom. The summed E-state index contributed by atoms with van der Waals surface area (Å²) >= 11 is 0. The van der Waals surface area contributed by atoms with E-state index < -0.39 is 0 Å². The molecule has 1 atom stereocenters. The zero-order valence-electron chi connectivity index (χ0n) is 12.5. The van der Waals surface area contributed by atoms with Crippen molar-refractivity contribution in [2.45, 2.75) is 32.4 Å². The molecular formula is C15H24N4O. The average Bonchev–Trinajstić information content (AvgIpc) is 2.38. The van der Waals surface area contributed by atoms with E-state index in [9.17, 15) is 4.79 Å². The van der Waals surface area contributed by atoms with E-state index in [0.717, 1.165) is 25.2 Å². The van der Waals surface area contributed by atoms with Crippen LogP contribution in [0, 0.1) is 0 Å². The fourth-order valence-corrected chi connectivity index (χ4v) is 2.48. The number of rotatable bonds is 3. The van der Waals surface area contributed by atoms with E-state index in [-0.39, 0.29) is 17.5 Å². The van der Waals surface area contributed by atoms with E-state index in [1.165, 1.54) is 0 Å². The normalized spacial score (nSPS) is 20.6. The van der Waals surface area contributed by atoms with Gasteiger partial charge in [-0.2, -0.15) is 0 Å². The van der Waals surface area contributed by atoms with Crippen LogP contribution in [0.5, 0.6) is 0 Å². The number of carbonyl (C=O) groups excluding carboxylic acids is 1. The molecule has 0 aromatic carbocycles. The second-order valence-corrected chi connectivity index (χ2v) is 6.27. The minimum Gasteiger partial charge on any atom is -0.350 e. The minimum absolute atomic E-state index is 0.0771. The molecule has 0 saturated carbocycles. The van der Waals surface area contributed by atoms with Crippen molar-refractivity contribution in [2.24, 2.45) is 0 Å². The lowest BCUT2D eigenvalue weighted by Crippen LogP contribution is -2.51. The second kappa shape index (κ2) is 6.33. The molecule has 1 aromatic rings. The number of hydrogen-bond acceptors (Lipinski definition) is 4. The van der Waals surface area contributed by atoms with Gasteiger partial charge in [0.1, 0.15) is 0 Å². The van der Waals surface area contributed by atoms with Gasteiger partial charge < -0.3 is 10.6 Å². The van der Waals surface area contributed by atoms with Gasteiger partial charge in [-0.3, -0.25) is 14.7 Å². The van der Waals surface area contributed by atoms with Gasteiger partial charge in [0.15, 0.2) is 0 Å². The molecule has 1 aliphatic heterocycles. The van der Waals surface area contributed by atoms with Gasteiger partial charge in [0.2, 0.25) is 5.91 Å². The standard InChI is InChI=1S/C15H24N4O/c1-15(2,3)18-14(20)11-19-8-7-17-10-13(19)12-5-4-6-16-9-12/h4-6,9,13,17H,7-8,10-11H2,1-3H3,(H,18,20). The van der Waals surface area contributed by atoms with Gasteiger partial charge in [-0.1, -0.05) is 6.07 Å². The van der Waals surface area contributed by atoms with Crippen LogP contribution in [-0.2, 0) is 4.79 Å². The molecule has 0 radical (unpaired) electrons. The third kappa shape index (κ3) is 4.28. The van der Waals surface area contributed by atoms with Crippen LogP contribution >= 0.6 is 0 Å². The summed E-state index contributed by atoms with van der Waals surface area (Å²) in [6.45, 7) is 9.08. The Morgan fingerprint density at radius 2 is 2.35 bits per heavy atom. The van der Waals surface area contributed by atoms with Crippen LogP contribution < -0.4 is 10.6 Å². The molecule has 1 saturated heterocycles. The summed E-state index contributed by atoms with van der Waals surface area (Å²) in [4.78, 5) is 18.5. The molecule has 2 N–H and O–H groups in total. The monoisotopic (exact) mass is 276 g/mol. The number of nitrogens with one attached hydrogen (secondary N) is 2. The molecule has 110 valence electrons. The third-order valence-electron chi connectivity index (χ3n) is 3.28. The fraction of sp³-hybridized carbons (Fsp3) is 0.600. The lowest BCUT2D eigenvalue weighted by molar-refractivity contribution is -0.124. The number of hydrogen-bond donors (Lipinski definition) is 2. The number of pyridine rings is 1. The summed E-state index contributed by atoms with van der Waals surface area (Å²) in [7, 11) is 0. The van der Waals surface area contributed by atoms with Gasteiger partial charge in [-0.15, -0.1) is 0 Å². The van der Waals surface area contributed by atoms with Crippen LogP contribution in [0.3, 0.4) is 0 Å². The smallest absolute Gasteiger partial charge is 0.234 e. The Balaban J connectivity index is 2.03. The van der Waals surface area contributed by atoms with Gasteiger partial charge in [-0.25, -0.2) is 0 Å². The maximum absolute atomic E-state index is 12.1. The Kier molecular flexibility index (Phi) is 4.73. The molecule has 5 nitrogen and oxygen atoms in total. The van der Waals surface area contributed by atoms with E-state index in [4.69, 9.17) is 0 Å². The summed E-state index contributed by atoms with van der Waals surface area (Å²) in [6, 6.07) is 4.22. The Morgan fingerprint density at radius 1 is 1.55 bits per heavy atom. The van der Waals surface area contributed by atoms with Crippen molar-refractivity contribution in [3.63, 3.8) is 0 Å². The highest BCUT2D eigenvalue weighted by Crippen LogP contribution is 2.20. The molecule has 2 rings (SSSR count). The SMILES string of the molecule is CC(C)(C)NC(=O)CN1CCNCC1c1cccnc1. The second-order valence-electron chi connectivity index (χ2n) is 6.27. The van der Waals surface area contributed by atoms with Crippen LogP contribution in [0.2, 0.25) is 0 Å². The zero-order chi connectivity index (χ0) is 14.6. The van der Waals surface area contributed by atoms with Crippen LogP contribution in [0.15, 0.2) is 24.5 Å². The topological polar surface area (TPSA) is 57.3 Å². The predicted octanol–water partition coefficient (Wildman–Crippen LogP) is 0.943.